The maximum absolute atomic E-state index is 5.87. The Balaban J connectivity index is 1.95. The van der Waals surface area contributed by atoms with Crippen molar-refractivity contribution in [1.29, 1.82) is 0 Å². The van der Waals surface area contributed by atoms with E-state index in [-0.39, 0.29) is 0 Å². The Bertz CT molecular complexity index is 516. The van der Waals surface area contributed by atoms with Gasteiger partial charge in [0.05, 0.1) is 0 Å². The summed E-state index contributed by atoms with van der Waals surface area (Å²) in [5, 5.41) is 4.16. The van der Waals surface area contributed by atoms with Crippen molar-refractivity contribution in [3.05, 3.63) is 59.1 Å². The SMILES string of the molecule is CCN(CC)c1ccc(CNc2ccc(Cl)cc2)cc1. The average molecular weight is 289 g/mol. The van der Waals surface area contributed by atoms with Gasteiger partial charge in [-0.2, -0.15) is 0 Å². The van der Waals surface area contributed by atoms with Gasteiger partial charge in [0.2, 0.25) is 0 Å². The van der Waals surface area contributed by atoms with Crippen LogP contribution < -0.4 is 10.2 Å². The predicted octanol–water partition coefficient (Wildman–Crippen LogP) is 4.80. The second kappa shape index (κ2) is 7.20. The maximum atomic E-state index is 5.87. The Morgan fingerprint density at radius 3 is 2.05 bits per heavy atom. The second-order valence-electron chi connectivity index (χ2n) is 4.70. The number of hydrogen-bond donors (Lipinski definition) is 1. The van der Waals surface area contributed by atoms with Crippen LogP contribution in [0.3, 0.4) is 0 Å². The van der Waals surface area contributed by atoms with Gasteiger partial charge in [-0.1, -0.05) is 23.7 Å². The number of rotatable bonds is 6. The molecule has 2 rings (SSSR count). The molecule has 0 saturated carbocycles. The lowest BCUT2D eigenvalue weighted by Gasteiger charge is -2.21. The normalized spacial score (nSPS) is 10.3. The van der Waals surface area contributed by atoms with Gasteiger partial charge in [0.1, 0.15) is 0 Å². The number of nitrogens with zero attached hydrogens (tertiary/aromatic N) is 1. The smallest absolute Gasteiger partial charge is 0.0407 e. The first-order valence-corrected chi connectivity index (χ1v) is 7.44. The largest absolute Gasteiger partial charge is 0.381 e. The lowest BCUT2D eigenvalue weighted by molar-refractivity contribution is 0.865. The molecule has 0 radical (unpaired) electrons. The third kappa shape index (κ3) is 3.91. The molecule has 0 atom stereocenters. The van der Waals surface area contributed by atoms with Crippen molar-refractivity contribution >= 4 is 23.0 Å². The van der Waals surface area contributed by atoms with Gasteiger partial charge in [0.25, 0.3) is 0 Å². The molecule has 0 aliphatic heterocycles. The Morgan fingerprint density at radius 2 is 1.50 bits per heavy atom. The molecule has 3 heteroatoms. The fourth-order valence-electron chi connectivity index (χ4n) is 2.19. The van der Waals surface area contributed by atoms with E-state index in [0.717, 1.165) is 30.3 Å². The molecule has 2 aromatic rings. The molecule has 0 aromatic heterocycles. The topological polar surface area (TPSA) is 15.3 Å². The van der Waals surface area contributed by atoms with Crippen LogP contribution in [0.1, 0.15) is 19.4 Å². The van der Waals surface area contributed by atoms with Crippen LogP contribution in [0.4, 0.5) is 11.4 Å². The first-order valence-electron chi connectivity index (χ1n) is 7.06. The summed E-state index contributed by atoms with van der Waals surface area (Å²) in [5.41, 5.74) is 3.64. The fraction of sp³-hybridized carbons (Fsp3) is 0.294. The lowest BCUT2D eigenvalue weighted by Crippen LogP contribution is -2.21. The summed E-state index contributed by atoms with van der Waals surface area (Å²) < 4.78 is 0. The van der Waals surface area contributed by atoms with Crippen molar-refractivity contribution in [1.82, 2.24) is 0 Å². The van der Waals surface area contributed by atoms with E-state index >= 15 is 0 Å². The minimum atomic E-state index is 0.763. The van der Waals surface area contributed by atoms with Crippen molar-refractivity contribution in [2.24, 2.45) is 0 Å². The Morgan fingerprint density at radius 1 is 0.900 bits per heavy atom. The molecule has 0 aliphatic rings. The number of nitrogens with one attached hydrogen (secondary N) is 1. The van der Waals surface area contributed by atoms with Gasteiger partial charge in [0, 0.05) is 36.0 Å². The van der Waals surface area contributed by atoms with Crippen molar-refractivity contribution in [3.63, 3.8) is 0 Å². The highest BCUT2D eigenvalue weighted by Gasteiger charge is 2.01. The zero-order valence-corrected chi connectivity index (χ0v) is 12.8. The van der Waals surface area contributed by atoms with Crippen LogP contribution >= 0.6 is 11.6 Å². The standard InChI is InChI=1S/C17H21ClN2/c1-3-20(4-2)17-11-5-14(6-12-17)13-19-16-9-7-15(18)8-10-16/h5-12,19H,3-4,13H2,1-2H3. The van der Waals surface area contributed by atoms with Crippen molar-refractivity contribution in [3.8, 4) is 0 Å². The van der Waals surface area contributed by atoms with E-state index in [1.807, 2.05) is 24.3 Å². The fourth-order valence-corrected chi connectivity index (χ4v) is 2.31. The highest BCUT2D eigenvalue weighted by molar-refractivity contribution is 6.30. The first-order chi connectivity index (χ1) is 9.72. The molecular weight excluding hydrogens is 268 g/mol. The number of anilines is 2. The average Bonchev–Trinajstić information content (AvgIpc) is 2.49. The van der Waals surface area contributed by atoms with Crippen LogP contribution in [0.25, 0.3) is 0 Å². The van der Waals surface area contributed by atoms with Crippen LogP contribution in [-0.2, 0) is 6.54 Å². The van der Waals surface area contributed by atoms with Crippen molar-refractivity contribution < 1.29 is 0 Å². The summed E-state index contributed by atoms with van der Waals surface area (Å²) in [4.78, 5) is 2.34. The summed E-state index contributed by atoms with van der Waals surface area (Å²) in [6.45, 7) is 7.26. The van der Waals surface area contributed by atoms with E-state index < -0.39 is 0 Å². The number of hydrogen-bond acceptors (Lipinski definition) is 2. The molecule has 0 saturated heterocycles. The monoisotopic (exact) mass is 288 g/mol. The van der Waals surface area contributed by atoms with Crippen molar-refractivity contribution in [2.75, 3.05) is 23.3 Å². The number of benzene rings is 2. The van der Waals surface area contributed by atoms with Crippen LogP contribution in [0, 0.1) is 0 Å². The van der Waals surface area contributed by atoms with E-state index in [9.17, 15) is 0 Å². The molecule has 0 unspecified atom stereocenters. The van der Waals surface area contributed by atoms with Crippen LogP contribution in [0.5, 0.6) is 0 Å². The Labute approximate surface area is 126 Å². The van der Waals surface area contributed by atoms with Crippen LogP contribution in [0.2, 0.25) is 5.02 Å². The summed E-state index contributed by atoms with van der Waals surface area (Å²) in [6.07, 6.45) is 0. The zero-order chi connectivity index (χ0) is 14.4. The van der Waals surface area contributed by atoms with Gasteiger partial charge in [0.15, 0.2) is 0 Å². The van der Waals surface area contributed by atoms with E-state index in [1.54, 1.807) is 0 Å². The van der Waals surface area contributed by atoms with E-state index in [2.05, 4.69) is 48.3 Å². The van der Waals surface area contributed by atoms with Crippen LogP contribution in [-0.4, -0.2) is 13.1 Å². The Hall–Kier alpha value is -1.67. The highest BCUT2D eigenvalue weighted by Crippen LogP contribution is 2.17. The molecule has 2 nitrogen and oxygen atoms in total. The van der Waals surface area contributed by atoms with Gasteiger partial charge in [-0.3, -0.25) is 0 Å². The lowest BCUT2D eigenvalue weighted by atomic mass is 10.2. The third-order valence-electron chi connectivity index (χ3n) is 3.41. The van der Waals surface area contributed by atoms with Gasteiger partial charge >= 0.3 is 0 Å². The number of halogens is 1. The minimum absolute atomic E-state index is 0.763. The minimum Gasteiger partial charge on any atom is -0.381 e. The van der Waals surface area contributed by atoms with E-state index in [1.165, 1.54) is 11.3 Å². The molecule has 0 heterocycles. The van der Waals surface area contributed by atoms with Gasteiger partial charge in [-0.05, 0) is 55.8 Å². The van der Waals surface area contributed by atoms with Crippen molar-refractivity contribution in [2.45, 2.75) is 20.4 Å². The van der Waals surface area contributed by atoms with Gasteiger partial charge < -0.3 is 10.2 Å². The molecule has 0 fully saturated rings. The molecule has 1 N–H and O–H groups in total. The molecule has 2 aromatic carbocycles. The molecular formula is C17H21ClN2. The van der Waals surface area contributed by atoms with E-state index in [4.69, 9.17) is 11.6 Å². The molecule has 20 heavy (non-hydrogen) atoms. The summed E-state index contributed by atoms with van der Waals surface area (Å²) >= 11 is 5.87. The summed E-state index contributed by atoms with van der Waals surface area (Å²) in [6, 6.07) is 16.5. The third-order valence-corrected chi connectivity index (χ3v) is 3.66. The summed E-state index contributed by atoms with van der Waals surface area (Å²) in [5.74, 6) is 0. The molecule has 0 bridgehead atoms. The van der Waals surface area contributed by atoms with Gasteiger partial charge in [-0.15, -0.1) is 0 Å². The quantitative estimate of drug-likeness (QED) is 0.821. The first kappa shape index (κ1) is 14.7. The Kier molecular flexibility index (Phi) is 5.31. The maximum Gasteiger partial charge on any atom is 0.0407 e. The molecule has 0 aliphatic carbocycles. The zero-order valence-electron chi connectivity index (χ0n) is 12.1. The summed E-state index contributed by atoms with van der Waals surface area (Å²) in [7, 11) is 0. The van der Waals surface area contributed by atoms with Gasteiger partial charge in [-0.25, -0.2) is 0 Å². The molecule has 0 amide bonds. The molecule has 0 spiro atoms. The highest BCUT2D eigenvalue weighted by atomic mass is 35.5. The van der Waals surface area contributed by atoms with E-state index in [0.29, 0.717) is 0 Å². The predicted molar refractivity (Wildman–Crippen MR) is 88.8 cm³/mol. The van der Waals surface area contributed by atoms with Crippen LogP contribution in [0.15, 0.2) is 48.5 Å². The molecule has 106 valence electrons. The second-order valence-corrected chi connectivity index (χ2v) is 5.14.